The topological polar surface area (TPSA) is 45.5 Å². The number of piperidine rings is 1. The van der Waals surface area contributed by atoms with Gasteiger partial charge in [0.2, 0.25) is 0 Å². The first-order valence-electron chi connectivity index (χ1n) is 8.91. The molecule has 0 spiro atoms. The fourth-order valence-corrected chi connectivity index (χ4v) is 3.48. The van der Waals surface area contributed by atoms with Crippen molar-refractivity contribution in [3.63, 3.8) is 0 Å². The molecule has 3 rings (SSSR count). The van der Waals surface area contributed by atoms with Crippen LogP contribution in [0.5, 0.6) is 0 Å². The van der Waals surface area contributed by atoms with Crippen LogP contribution in [0.1, 0.15) is 59.4 Å². The summed E-state index contributed by atoms with van der Waals surface area (Å²) in [6.45, 7) is 11.4. The minimum atomic E-state index is -0.488. The van der Waals surface area contributed by atoms with E-state index in [2.05, 4.69) is 24.0 Å². The number of hydrogen-bond donors (Lipinski definition) is 0. The zero-order chi connectivity index (χ0) is 17.5. The van der Waals surface area contributed by atoms with Gasteiger partial charge in [-0.05, 0) is 66.0 Å². The van der Waals surface area contributed by atoms with Gasteiger partial charge in [0.25, 0.3) is 0 Å². The maximum atomic E-state index is 9.65. The summed E-state index contributed by atoms with van der Waals surface area (Å²) in [5.41, 5.74) is 1.79. The van der Waals surface area contributed by atoms with Crippen LogP contribution in [0, 0.1) is 11.3 Å². The van der Waals surface area contributed by atoms with Gasteiger partial charge >= 0.3 is 7.12 Å². The fraction of sp³-hybridized carbons (Fsp3) is 0.632. The smallest absolute Gasteiger partial charge is 0.399 e. The molecule has 0 radical (unpaired) electrons. The summed E-state index contributed by atoms with van der Waals surface area (Å²) in [6, 6.07) is 8.94. The molecule has 0 aliphatic carbocycles. The number of nitriles is 1. The molecule has 2 fully saturated rings. The molecule has 1 unspecified atom stereocenters. The van der Waals surface area contributed by atoms with E-state index in [1.165, 1.54) is 19.3 Å². The molecule has 0 aromatic heterocycles. The summed E-state index contributed by atoms with van der Waals surface area (Å²) in [5, 5.41) is 9.65. The Morgan fingerprint density at radius 1 is 1.17 bits per heavy atom. The quantitative estimate of drug-likeness (QED) is 0.783. The zero-order valence-electron chi connectivity index (χ0n) is 15.4. The van der Waals surface area contributed by atoms with E-state index in [0.717, 1.165) is 17.7 Å². The van der Waals surface area contributed by atoms with E-state index >= 15 is 0 Å². The number of rotatable bonds is 2. The van der Waals surface area contributed by atoms with Crippen molar-refractivity contribution in [2.75, 3.05) is 11.4 Å². The van der Waals surface area contributed by atoms with Gasteiger partial charge in [-0.2, -0.15) is 5.26 Å². The SMILES string of the molecule is CC1CCCCN1c1ccc(B2OC(C)(C)C(C)(C)O2)c(C#N)c1. The number of anilines is 1. The maximum absolute atomic E-state index is 9.65. The molecule has 1 aromatic carbocycles. The van der Waals surface area contributed by atoms with E-state index < -0.39 is 18.3 Å². The third-order valence-electron chi connectivity index (χ3n) is 5.80. The van der Waals surface area contributed by atoms with Crippen molar-refractivity contribution in [3.05, 3.63) is 23.8 Å². The van der Waals surface area contributed by atoms with E-state index in [0.29, 0.717) is 11.6 Å². The predicted octanol–water partition coefficient (Wildman–Crippen LogP) is 3.24. The van der Waals surface area contributed by atoms with Crippen LogP contribution in [0.2, 0.25) is 0 Å². The van der Waals surface area contributed by atoms with Crippen molar-refractivity contribution in [2.24, 2.45) is 0 Å². The van der Waals surface area contributed by atoms with Crippen LogP contribution >= 0.6 is 0 Å². The first-order chi connectivity index (χ1) is 11.2. The monoisotopic (exact) mass is 326 g/mol. The molecular weight excluding hydrogens is 299 g/mol. The molecule has 2 heterocycles. The van der Waals surface area contributed by atoms with Gasteiger partial charge < -0.3 is 14.2 Å². The van der Waals surface area contributed by atoms with Crippen LogP contribution in [0.15, 0.2) is 18.2 Å². The molecular formula is C19H27BN2O2. The highest BCUT2D eigenvalue weighted by atomic mass is 16.7. The van der Waals surface area contributed by atoms with Crippen LogP contribution in [-0.2, 0) is 9.31 Å². The third kappa shape index (κ3) is 2.94. The Hall–Kier alpha value is -1.51. The molecule has 4 nitrogen and oxygen atoms in total. The minimum Gasteiger partial charge on any atom is -0.399 e. The van der Waals surface area contributed by atoms with Crippen molar-refractivity contribution in [1.82, 2.24) is 0 Å². The first-order valence-corrected chi connectivity index (χ1v) is 8.91. The molecule has 128 valence electrons. The second-order valence-electron chi connectivity index (χ2n) is 8.01. The van der Waals surface area contributed by atoms with Gasteiger partial charge in [0.1, 0.15) is 0 Å². The van der Waals surface area contributed by atoms with Crippen LogP contribution in [-0.4, -0.2) is 30.9 Å². The van der Waals surface area contributed by atoms with Gasteiger partial charge in [-0.25, -0.2) is 0 Å². The van der Waals surface area contributed by atoms with Gasteiger partial charge in [0, 0.05) is 23.7 Å². The lowest BCUT2D eigenvalue weighted by atomic mass is 9.76. The van der Waals surface area contributed by atoms with Crippen LogP contribution in [0.25, 0.3) is 0 Å². The van der Waals surface area contributed by atoms with Crippen molar-refractivity contribution < 1.29 is 9.31 Å². The van der Waals surface area contributed by atoms with Crippen molar-refractivity contribution in [2.45, 2.75) is 71.1 Å². The molecule has 2 saturated heterocycles. The molecule has 2 aliphatic heterocycles. The van der Waals surface area contributed by atoms with Gasteiger partial charge in [-0.3, -0.25) is 0 Å². The Morgan fingerprint density at radius 2 is 1.83 bits per heavy atom. The van der Waals surface area contributed by atoms with E-state index in [9.17, 15) is 5.26 Å². The Balaban J connectivity index is 1.90. The van der Waals surface area contributed by atoms with Crippen LogP contribution in [0.4, 0.5) is 5.69 Å². The first kappa shape index (κ1) is 17.3. The molecule has 0 amide bonds. The Bertz CT molecular complexity index is 650. The Morgan fingerprint density at radius 3 is 2.42 bits per heavy atom. The summed E-state index contributed by atoms with van der Waals surface area (Å²) in [5.74, 6) is 0. The largest absolute Gasteiger partial charge is 0.496 e. The Labute approximate surface area is 145 Å². The van der Waals surface area contributed by atoms with Gasteiger partial charge in [0.05, 0.1) is 22.8 Å². The number of benzene rings is 1. The standard InChI is InChI=1S/C19H27BN2O2/c1-14-8-6-7-11-22(14)16-9-10-17(15(12-16)13-21)20-23-18(2,3)19(4,5)24-20/h9-10,12,14H,6-8,11H2,1-5H3. The minimum absolute atomic E-state index is 0.398. The lowest BCUT2D eigenvalue weighted by Gasteiger charge is -2.35. The summed E-state index contributed by atoms with van der Waals surface area (Å²) in [4.78, 5) is 2.40. The zero-order valence-corrected chi connectivity index (χ0v) is 15.4. The molecule has 1 aromatic rings. The normalized spacial score (nSPS) is 25.6. The Kier molecular flexibility index (Phi) is 4.40. The molecule has 0 saturated carbocycles. The summed E-state index contributed by atoms with van der Waals surface area (Å²) in [7, 11) is -0.488. The maximum Gasteiger partial charge on any atom is 0.496 e. The second kappa shape index (κ2) is 6.09. The average Bonchev–Trinajstić information content (AvgIpc) is 2.75. The van der Waals surface area contributed by atoms with E-state index in [-0.39, 0.29) is 0 Å². The number of nitrogens with zero attached hydrogens (tertiary/aromatic N) is 2. The van der Waals surface area contributed by atoms with Crippen LogP contribution < -0.4 is 10.4 Å². The van der Waals surface area contributed by atoms with Gasteiger partial charge in [-0.15, -0.1) is 0 Å². The molecule has 24 heavy (non-hydrogen) atoms. The summed E-state index contributed by atoms with van der Waals surface area (Å²) < 4.78 is 12.2. The van der Waals surface area contributed by atoms with Crippen molar-refractivity contribution in [1.29, 1.82) is 5.26 Å². The van der Waals surface area contributed by atoms with E-state index in [1.807, 2.05) is 39.8 Å². The molecule has 0 N–H and O–H groups in total. The highest BCUT2D eigenvalue weighted by Gasteiger charge is 2.52. The molecule has 2 aliphatic rings. The van der Waals surface area contributed by atoms with Gasteiger partial charge in [0.15, 0.2) is 0 Å². The van der Waals surface area contributed by atoms with Crippen molar-refractivity contribution >= 4 is 18.3 Å². The molecule has 0 bridgehead atoms. The third-order valence-corrected chi connectivity index (χ3v) is 5.80. The summed E-state index contributed by atoms with van der Waals surface area (Å²) in [6.07, 6.45) is 3.71. The average molecular weight is 326 g/mol. The summed E-state index contributed by atoms with van der Waals surface area (Å²) >= 11 is 0. The van der Waals surface area contributed by atoms with E-state index in [4.69, 9.17) is 9.31 Å². The molecule has 5 heteroatoms. The van der Waals surface area contributed by atoms with Gasteiger partial charge in [-0.1, -0.05) is 6.07 Å². The van der Waals surface area contributed by atoms with Crippen molar-refractivity contribution in [3.8, 4) is 6.07 Å². The molecule has 1 atom stereocenters. The van der Waals surface area contributed by atoms with Crippen LogP contribution in [0.3, 0.4) is 0 Å². The highest BCUT2D eigenvalue weighted by molar-refractivity contribution is 6.62. The number of hydrogen-bond acceptors (Lipinski definition) is 4. The lowest BCUT2D eigenvalue weighted by Crippen LogP contribution is -2.41. The second-order valence-corrected chi connectivity index (χ2v) is 8.01. The lowest BCUT2D eigenvalue weighted by molar-refractivity contribution is 0.00578. The highest BCUT2D eigenvalue weighted by Crippen LogP contribution is 2.37. The fourth-order valence-electron chi connectivity index (χ4n) is 3.48. The predicted molar refractivity (Wildman–Crippen MR) is 97.5 cm³/mol. The van der Waals surface area contributed by atoms with E-state index in [1.54, 1.807) is 0 Å².